The van der Waals surface area contributed by atoms with E-state index < -0.39 is 0 Å². The standard InChI is InChI=1S/C30H25BrN2O3S/c1-3-36-25-16-18(8-15-24(25)35-2)17-26-29(34)33-28(20-9-12-21(31)13-10-20)23-14-11-19-6-4-5-7-22(19)27(23)32-30(33)37-26/h4-10,12-13,15-17,28H,3,11,14H2,1-2H3/b26-17+/t28-/m1/s1. The van der Waals surface area contributed by atoms with Crippen LogP contribution in [0.1, 0.15) is 41.6 Å². The fourth-order valence-corrected chi connectivity index (χ4v) is 6.44. The lowest BCUT2D eigenvalue weighted by Gasteiger charge is -2.30. The van der Waals surface area contributed by atoms with Crippen molar-refractivity contribution in [1.29, 1.82) is 0 Å². The Morgan fingerprint density at radius 3 is 2.68 bits per heavy atom. The number of hydrogen-bond donors (Lipinski definition) is 0. The van der Waals surface area contributed by atoms with Gasteiger partial charge >= 0.3 is 0 Å². The summed E-state index contributed by atoms with van der Waals surface area (Å²) in [5.74, 6) is 1.33. The van der Waals surface area contributed by atoms with Crippen LogP contribution >= 0.6 is 27.3 Å². The van der Waals surface area contributed by atoms with Gasteiger partial charge in [-0.15, -0.1) is 0 Å². The van der Waals surface area contributed by atoms with Crippen molar-refractivity contribution >= 4 is 39.0 Å². The summed E-state index contributed by atoms with van der Waals surface area (Å²) in [6.45, 7) is 2.47. The van der Waals surface area contributed by atoms with Crippen molar-refractivity contribution in [2.24, 2.45) is 4.99 Å². The number of ether oxygens (including phenoxy) is 2. The number of rotatable bonds is 5. The molecular formula is C30H25BrN2O3S. The topological polar surface area (TPSA) is 52.8 Å². The highest BCUT2D eigenvalue weighted by Crippen LogP contribution is 2.41. The number of hydrogen-bond acceptors (Lipinski definition) is 5. The Bertz CT molecular complexity index is 1720. The fourth-order valence-electron chi connectivity index (χ4n) is 5.17. The number of benzene rings is 3. The molecule has 4 aromatic rings. The van der Waals surface area contributed by atoms with Gasteiger partial charge in [0.25, 0.3) is 5.56 Å². The molecule has 1 aromatic heterocycles. The van der Waals surface area contributed by atoms with Crippen LogP contribution in [-0.4, -0.2) is 18.3 Å². The van der Waals surface area contributed by atoms with Gasteiger partial charge in [-0.2, -0.15) is 0 Å². The minimum absolute atomic E-state index is 0.0316. The molecule has 2 aliphatic rings. The maximum absolute atomic E-state index is 13.9. The van der Waals surface area contributed by atoms with Gasteiger partial charge in [0, 0.05) is 10.0 Å². The molecule has 0 amide bonds. The molecule has 0 unspecified atom stereocenters. The highest BCUT2D eigenvalue weighted by Gasteiger charge is 2.32. The summed E-state index contributed by atoms with van der Waals surface area (Å²) in [7, 11) is 1.62. The quantitative estimate of drug-likeness (QED) is 0.318. The van der Waals surface area contributed by atoms with Gasteiger partial charge in [0.05, 0.1) is 30.0 Å². The second-order valence-electron chi connectivity index (χ2n) is 9.01. The first kappa shape index (κ1) is 23.9. The van der Waals surface area contributed by atoms with E-state index in [4.69, 9.17) is 14.5 Å². The van der Waals surface area contributed by atoms with Crippen molar-refractivity contribution in [3.8, 4) is 11.5 Å². The molecule has 1 aliphatic heterocycles. The average molecular weight is 574 g/mol. The van der Waals surface area contributed by atoms with Gasteiger partial charge in [-0.3, -0.25) is 9.36 Å². The van der Waals surface area contributed by atoms with Gasteiger partial charge < -0.3 is 9.47 Å². The lowest BCUT2D eigenvalue weighted by atomic mass is 9.83. The maximum Gasteiger partial charge on any atom is 0.271 e. The van der Waals surface area contributed by atoms with Crippen molar-refractivity contribution in [3.63, 3.8) is 0 Å². The molecule has 0 saturated heterocycles. The maximum atomic E-state index is 13.9. The minimum atomic E-state index is -0.190. The monoisotopic (exact) mass is 572 g/mol. The van der Waals surface area contributed by atoms with E-state index in [0.29, 0.717) is 22.6 Å². The molecule has 6 rings (SSSR count). The Balaban J connectivity index is 1.56. The molecule has 2 heterocycles. The smallest absolute Gasteiger partial charge is 0.271 e. The summed E-state index contributed by atoms with van der Waals surface area (Å²) in [5.41, 5.74) is 6.61. The van der Waals surface area contributed by atoms with Gasteiger partial charge in [-0.1, -0.05) is 69.7 Å². The van der Waals surface area contributed by atoms with Gasteiger partial charge in [-0.05, 0) is 72.4 Å². The predicted molar refractivity (Wildman–Crippen MR) is 151 cm³/mol. The zero-order valence-corrected chi connectivity index (χ0v) is 22.9. The number of nitrogens with zero attached hydrogens (tertiary/aromatic N) is 2. The molecule has 5 nitrogen and oxygen atoms in total. The molecule has 0 bridgehead atoms. The Morgan fingerprint density at radius 1 is 1.08 bits per heavy atom. The fraction of sp³-hybridized carbons (Fsp3) is 0.200. The van der Waals surface area contributed by atoms with E-state index in [9.17, 15) is 4.79 Å². The van der Waals surface area contributed by atoms with E-state index in [1.165, 1.54) is 28.0 Å². The number of halogens is 1. The molecule has 37 heavy (non-hydrogen) atoms. The van der Waals surface area contributed by atoms with Crippen molar-refractivity contribution in [2.45, 2.75) is 25.8 Å². The number of aromatic nitrogens is 1. The van der Waals surface area contributed by atoms with Crippen LogP contribution in [0.3, 0.4) is 0 Å². The molecule has 1 aliphatic carbocycles. The Hall–Kier alpha value is -3.42. The molecule has 3 aromatic carbocycles. The van der Waals surface area contributed by atoms with Crippen LogP contribution in [0.4, 0.5) is 0 Å². The van der Waals surface area contributed by atoms with E-state index in [1.54, 1.807) is 7.11 Å². The van der Waals surface area contributed by atoms with Gasteiger partial charge in [-0.25, -0.2) is 4.99 Å². The molecule has 0 radical (unpaired) electrons. The Kier molecular flexibility index (Phi) is 6.34. The van der Waals surface area contributed by atoms with Crippen LogP contribution in [0.25, 0.3) is 11.8 Å². The summed E-state index contributed by atoms with van der Waals surface area (Å²) in [6.07, 6.45) is 3.73. The summed E-state index contributed by atoms with van der Waals surface area (Å²) in [4.78, 5) is 19.7. The van der Waals surface area contributed by atoms with Crippen LogP contribution in [0.15, 0.2) is 86.6 Å². The number of fused-ring (bicyclic) bond motifs is 3. The third-order valence-corrected chi connectivity index (χ3v) is 8.36. The lowest BCUT2D eigenvalue weighted by molar-refractivity contribution is 0.311. The highest BCUT2D eigenvalue weighted by molar-refractivity contribution is 9.10. The molecule has 0 N–H and O–H groups in total. The molecule has 1 atom stereocenters. The average Bonchev–Trinajstić information content (AvgIpc) is 3.22. The summed E-state index contributed by atoms with van der Waals surface area (Å²) in [5, 5.41) is 0. The molecule has 7 heteroatoms. The summed E-state index contributed by atoms with van der Waals surface area (Å²) < 4.78 is 14.7. The molecule has 0 spiro atoms. The van der Waals surface area contributed by atoms with Gasteiger partial charge in [0.1, 0.15) is 0 Å². The second-order valence-corrected chi connectivity index (χ2v) is 10.9. The zero-order valence-electron chi connectivity index (χ0n) is 20.5. The second kappa shape index (κ2) is 9.80. The van der Waals surface area contributed by atoms with Gasteiger partial charge in [0.15, 0.2) is 16.3 Å². The number of methoxy groups -OCH3 is 1. The summed E-state index contributed by atoms with van der Waals surface area (Å²) >= 11 is 4.98. The first-order chi connectivity index (χ1) is 18.1. The third-order valence-electron chi connectivity index (χ3n) is 6.84. The van der Waals surface area contributed by atoms with E-state index in [-0.39, 0.29) is 11.6 Å². The Labute approximate surface area is 227 Å². The molecular weight excluding hydrogens is 548 g/mol. The van der Waals surface area contributed by atoms with Gasteiger partial charge in [0.2, 0.25) is 0 Å². The Morgan fingerprint density at radius 2 is 1.89 bits per heavy atom. The minimum Gasteiger partial charge on any atom is -0.493 e. The largest absolute Gasteiger partial charge is 0.493 e. The van der Waals surface area contributed by atoms with Crippen molar-refractivity contribution in [2.75, 3.05) is 13.7 Å². The van der Waals surface area contributed by atoms with E-state index in [2.05, 4.69) is 52.3 Å². The lowest BCUT2D eigenvalue weighted by Crippen LogP contribution is -2.38. The SMILES string of the molecule is CCOc1cc(/C=c2/sc3n(c2=O)[C@H](c2ccc(Br)cc2)C2=C(N=3)c3ccccc3CC2)ccc1OC. The van der Waals surface area contributed by atoms with E-state index >= 15 is 0 Å². The van der Waals surface area contributed by atoms with Crippen LogP contribution < -0.4 is 24.4 Å². The first-order valence-electron chi connectivity index (χ1n) is 12.3. The van der Waals surface area contributed by atoms with Crippen molar-refractivity contribution in [1.82, 2.24) is 4.57 Å². The molecule has 0 saturated carbocycles. The molecule has 0 fully saturated rings. The van der Waals surface area contributed by atoms with Crippen LogP contribution in [0, 0.1) is 0 Å². The zero-order chi connectivity index (χ0) is 25.5. The van der Waals surface area contributed by atoms with Crippen molar-refractivity contribution in [3.05, 3.63) is 119 Å². The number of aryl methyl sites for hydroxylation is 1. The van der Waals surface area contributed by atoms with Crippen LogP contribution in [0.5, 0.6) is 11.5 Å². The summed E-state index contributed by atoms with van der Waals surface area (Å²) in [6, 6.07) is 22.3. The highest BCUT2D eigenvalue weighted by atomic mass is 79.9. The number of allylic oxidation sites excluding steroid dienone is 1. The predicted octanol–water partition coefficient (Wildman–Crippen LogP) is 5.49. The number of thiazole rings is 1. The first-order valence-corrected chi connectivity index (χ1v) is 13.9. The van der Waals surface area contributed by atoms with Crippen molar-refractivity contribution < 1.29 is 9.47 Å². The molecule has 186 valence electrons. The van der Waals surface area contributed by atoms with Crippen LogP contribution in [-0.2, 0) is 6.42 Å². The normalized spacial score (nSPS) is 16.5. The van der Waals surface area contributed by atoms with E-state index in [1.807, 2.05) is 47.9 Å². The third kappa shape index (κ3) is 4.26. The van der Waals surface area contributed by atoms with Crippen LogP contribution in [0.2, 0.25) is 0 Å². The van der Waals surface area contributed by atoms with E-state index in [0.717, 1.165) is 38.9 Å².